The second kappa shape index (κ2) is 7.12. The Hall–Kier alpha value is -0.580. The molecular formula is C13H20ClNO2S. The molecule has 18 heavy (non-hydrogen) atoms. The van der Waals surface area contributed by atoms with Gasteiger partial charge in [-0.3, -0.25) is 0 Å². The van der Waals surface area contributed by atoms with Gasteiger partial charge in [-0.05, 0) is 17.9 Å². The number of sulfonamides is 1. The topological polar surface area (TPSA) is 46.2 Å². The molecule has 0 aliphatic carbocycles. The summed E-state index contributed by atoms with van der Waals surface area (Å²) in [7, 11) is -3.30. The summed E-state index contributed by atoms with van der Waals surface area (Å²) in [6, 6.07) is 9.11. The molecule has 1 atom stereocenters. The van der Waals surface area contributed by atoms with Crippen molar-refractivity contribution in [3.05, 3.63) is 35.9 Å². The summed E-state index contributed by atoms with van der Waals surface area (Å²) in [6.45, 7) is 4.41. The number of hydrogen-bond donors (Lipinski definition) is 1. The van der Waals surface area contributed by atoms with Gasteiger partial charge in [-0.25, -0.2) is 13.1 Å². The fourth-order valence-electron chi connectivity index (χ4n) is 1.66. The van der Waals surface area contributed by atoms with Gasteiger partial charge in [0.2, 0.25) is 10.0 Å². The summed E-state index contributed by atoms with van der Waals surface area (Å²) < 4.78 is 26.2. The van der Waals surface area contributed by atoms with Crippen molar-refractivity contribution in [2.24, 2.45) is 5.92 Å². The summed E-state index contributed by atoms with van der Waals surface area (Å²) in [5, 5.41) is -0.157. The van der Waals surface area contributed by atoms with Crippen molar-refractivity contribution in [3.63, 3.8) is 0 Å². The smallest absolute Gasteiger partial charge is 0.213 e. The summed E-state index contributed by atoms with van der Waals surface area (Å²) in [6.07, 6.45) is 0.801. The van der Waals surface area contributed by atoms with E-state index >= 15 is 0 Å². The lowest BCUT2D eigenvalue weighted by Crippen LogP contribution is -2.31. The molecule has 0 fully saturated rings. The molecule has 0 amide bonds. The zero-order valence-electron chi connectivity index (χ0n) is 10.8. The molecule has 0 saturated heterocycles. The van der Waals surface area contributed by atoms with Crippen LogP contribution in [0.1, 0.15) is 25.8 Å². The number of halogens is 1. The molecule has 0 bridgehead atoms. The highest BCUT2D eigenvalue weighted by Crippen LogP contribution is 2.10. The van der Waals surface area contributed by atoms with Crippen LogP contribution < -0.4 is 4.72 Å². The van der Waals surface area contributed by atoms with Crippen molar-refractivity contribution in [2.75, 3.05) is 6.54 Å². The first-order valence-corrected chi connectivity index (χ1v) is 8.13. The zero-order chi connectivity index (χ0) is 13.6. The summed E-state index contributed by atoms with van der Waals surface area (Å²) in [4.78, 5) is 0. The Labute approximate surface area is 115 Å². The molecule has 0 heterocycles. The van der Waals surface area contributed by atoms with Gasteiger partial charge in [0.05, 0.1) is 5.75 Å². The summed E-state index contributed by atoms with van der Waals surface area (Å²) in [5.74, 6) is 0.463. The van der Waals surface area contributed by atoms with Crippen LogP contribution in [0.5, 0.6) is 0 Å². The van der Waals surface area contributed by atoms with Crippen LogP contribution in [0.3, 0.4) is 0 Å². The van der Waals surface area contributed by atoms with Crippen LogP contribution in [-0.4, -0.2) is 20.3 Å². The van der Waals surface area contributed by atoms with E-state index in [0.717, 1.165) is 12.0 Å². The molecule has 0 radical (unpaired) electrons. The number of rotatable bonds is 7. The van der Waals surface area contributed by atoms with Crippen LogP contribution in [0, 0.1) is 5.92 Å². The van der Waals surface area contributed by atoms with Gasteiger partial charge in [-0.1, -0.05) is 44.2 Å². The molecule has 0 aliphatic heterocycles. The molecule has 3 nitrogen and oxygen atoms in total. The van der Waals surface area contributed by atoms with Gasteiger partial charge in [-0.15, -0.1) is 11.6 Å². The minimum absolute atomic E-state index is 0.000866. The molecule has 1 aromatic carbocycles. The highest BCUT2D eigenvalue weighted by Gasteiger charge is 2.14. The summed E-state index contributed by atoms with van der Waals surface area (Å²) >= 11 is 6.06. The van der Waals surface area contributed by atoms with Crippen LogP contribution >= 0.6 is 11.6 Å². The fourth-order valence-corrected chi connectivity index (χ4v) is 3.37. The monoisotopic (exact) mass is 289 g/mol. The highest BCUT2D eigenvalue weighted by molar-refractivity contribution is 7.88. The van der Waals surface area contributed by atoms with Gasteiger partial charge in [0.1, 0.15) is 0 Å². The Balaban J connectivity index is 2.46. The van der Waals surface area contributed by atoms with E-state index in [4.69, 9.17) is 11.6 Å². The average Bonchev–Trinajstić information content (AvgIpc) is 2.26. The van der Waals surface area contributed by atoms with Gasteiger partial charge >= 0.3 is 0 Å². The van der Waals surface area contributed by atoms with Gasteiger partial charge in [0.15, 0.2) is 0 Å². The first-order chi connectivity index (χ1) is 8.39. The predicted octanol–water partition coefficient (Wildman–Crippen LogP) is 2.76. The van der Waals surface area contributed by atoms with Crippen LogP contribution in [0.15, 0.2) is 30.3 Å². The van der Waals surface area contributed by atoms with Gasteiger partial charge < -0.3 is 0 Å². The minimum Gasteiger partial charge on any atom is -0.213 e. The largest absolute Gasteiger partial charge is 0.215 e. The molecule has 0 aliphatic rings. The molecule has 1 rings (SSSR count). The van der Waals surface area contributed by atoms with Crippen LogP contribution in [-0.2, 0) is 15.8 Å². The Morgan fingerprint density at radius 3 is 2.39 bits per heavy atom. The zero-order valence-corrected chi connectivity index (χ0v) is 12.3. The van der Waals surface area contributed by atoms with Crippen molar-refractivity contribution in [3.8, 4) is 0 Å². The Kier molecular flexibility index (Phi) is 6.12. The molecule has 0 saturated carbocycles. The highest BCUT2D eigenvalue weighted by atomic mass is 35.5. The van der Waals surface area contributed by atoms with E-state index < -0.39 is 10.0 Å². The molecule has 1 aromatic rings. The minimum atomic E-state index is -3.30. The van der Waals surface area contributed by atoms with Crippen molar-refractivity contribution in [1.82, 2.24) is 4.72 Å². The first kappa shape index (κ1) is 15.5. The molecule has 102 valence electrons. The third kappa shape index (κ3) is 6.38. The van der Waals surface area contributed by atoms with E-state index in [1.807, 2.05) is 18.2 Å². The number of benzene rings is 1. The first-order valence-electron chi connectivity index (χ1n) is 6.04. The maximum Gasteiger partial charge on any atom is 0.215 e. The quantitative estimate of drug-likeness (QED) is 0.785. The standard InChI is InChI=1S/C13H20ClNO2S/c1-11(2)8-13(14)9-15-18(16,17)10-12-6-4-3-5-7-12/h3-7,11,13,15H,8-10H2,1-2H3. The normalized spacial score (nSPS) is 13.8. The second-order valence-corrected chi connectivity index (χ2v) is 7.24. The Morgan fingerprint density at radius 1 is 1.22 bits per heavy atom. The molecule has 1 unspecified atom stereocenters. The van der Waals surface area contributed by atoms with E-state index in [2.05, 4.69) is 18.6 Å². The lowest BCUT2D eigenvalue weighted by molar-refractivity contribution is 0.544. The van der Waals surface area contributed by atoms with Crippen LogP contribution in [0.25, 0.3) is 0 Å². The van der Waals surface area contributed by atoms with E-state index in [1.165, 1.54) is 0 Å². The Bertz CT molecular complexity index is 445. The van der Waals surface area contributed by atoms with Crippen molar-refractivity contribution in [2.45, 2.75) is 31.4 Å². The number of alkyl halides is 1. The molecular weight excluding hydrogens is 270 g/mol. The van der Waals surface area contributed by atoms with E-state index in [9.17, 15) is 8.42 Å². The molecule has 1 N–H and O–H groups in total. The Morgan fingerprint density at radius 2 is 1.83 bits per heavy atom. The fraction of sp³-hybridized carbons (Fsp3) is 0.538. The third-order valence-corrected chi connectivity index (χ3v) is 4.10. The van der Waals surface area contributed by atoms with Crippen molar-refractivity contribution in [1.29, 1.82) is 0 Å². The van der Waals surface area contributed by atoms with Gasteiger partial charge in [-0.2, -0.15) is 0 Å². The molecule has 5 heteroatoms. The third-order valence-electron chi connectivity index (χ3n) is 2.45. The van der Waals surface area contributed by atoms with Gasteiger partial charge in [0.25, 0.3) is 0 Å². The van der Waals surface area contributed by atoms with Crippen LogP contribution in [0.4, 0.5) is 0 Å². The lowest BCUT2D eigenvalue weighted by Gasteiger charge is -2.13. The maximum atomic E-state index is 11.8. The average molecular weight is 290 g/mol. The van der Waals surface area contributed by atoms with E-state index in [0.29, 0.717) is 5.92 Å². The predicted molar refractivity (Wildman–Crippen MR) is 76.2 cm³/mol. The van der Waals surface area contributed by atoms with E-state index in [-0.39, 0.29) is 17.7 Å². The SMILES string of the molecule is CC(C)CC(Cl)CNS(=O)(=O)Cc1ccccc1. The number of nitrogens with one attached hydrogen (secondary N) is 1. The van der Waals surface area contributed by atoms with E-state index in [1.54, 1.807) is 12.1 Å². The maximum absolute atomic E-state index is 11.8. The number of hydrogen-bond acceptors (Lipinski definition) is 2. The van der Waals surface area contributed by atoms with Crippen molar-refractivity contribution < 1.29 is 8.42 Å². The second-order valence-electron chi connectivity index (χ2n) is 4.82. The van der Waals surface area contributed by atoms with Gasteiger partial charge in [0, 0.05) is 11.9 Å². The van der Waals surface area contributed by atoms with Crippen molar-refractivity contribution >= 4 is 21.6 Å². The lowest BCUT2D eigenvalue weighted by atomic mass is 10.1. The molecule has 0 spiro atoms. The molecule has 0 aromatic heterocycles. The van der Waals surface area contributed by atoms with Crippen LogP contribution in [0.2, 0.25) is 0 Å². The summed E-state index contributed by atoms with van der Waals surface area (Å²) in [5.41, 5.74) is 0.778.